The van der Waals surface area contributed by atoms with E-state index in [1.54, 1.807) is 0 Å². The van der Waals surface area contributed by atoms with Crippen LogP contribution in [0.4, 0.5) is 0 Å². The van der Waals surface area contributed by atoms with Crippen molar-refractivity contribution < 1.29 is 4.79 Å². The van der Waals surface area contributed by atoms with Crippen LogP contribution < -0.4 is 0 Å². The molecule has 0 aliphatic carbocycles. The summed E-state index contributed by atoms with van der Waals surface area (Å²) in [5.41, 5.74) is 6.09. The topological polar surface area (TPSA) is 34.9 Å². The predicted octanol–water partition coefficient (Wildman–Crippen LogP) is 3.70. The molecule has 0 saturated heterocycles. The maximum Gasteiger partial charge on any atom is 0.150 e. The fraction of sp³-hybridized carbons (Fsp3) is 0.375. The van der Waals surface area contributed by atoms with E-state index in [0.29, 0.717) is 0 Å². The van der Waals surface area contributed by atoms with Gasteiger partial charge in [-0.05, 0) is 32.8 Å². The van der Waals surface area contributed by atoms with Gasteiger partial charge in [0.05, 0.1) is 5.69 Å². The fourth-order valence-electron chi connectivity index (χ4n) is 2.51. The minimum absolute atomic E-state index is 0.729. The summed E-state index contributed by atoms with van der Waals surface area (Å²) < 4.78 is 2.03. The summed E-state index contributed by atoms with van der Waals surface area (Å²) in [6.45, 7) is 9.17. The van der Waals surface area contributed by atoms with Crippen molar-refractivity contribution >= 4 is 6.29 Å². The molecule has 0 fully saturated rings. The number of rotatable bonds is 4. The number of nitrogens with zero attached hydrogens (tertiary/aromatic N) is 2. The Morgan fingerprint density at radius 2 is 2.00 bits per heavy atom. The number of carbonyl (C=O) groups excluding carboxylic acids is 1. The third-order valence-electron chi connectivity index (χ3n) is 3.42. The van der Waals surface area contributed by atoms with Crippen LogP contribution in [-0.2, 0) is 6.54 Å². The van der Waals surface area contributed by atoms with Crippen molar-refractivity contribution in [3.63, 3.8) is 0 Å². The van der Waals surface area contributed by atoms with E-state index in [0.717, 1.165) is 52.9 Å². The Hall–Kier alpha value is -1.90. The highest BCUT2D eigenvalue weighted by molar-refractivity contribution is 5.89. The van der Waals surface area contributed by atoms with Gasteiger partial charge in [0.15, 0.2) is 6.29 Å². The molecule has 1 heterocycles. The summed E-state index contributed by atoms with van der Waals surface area (Å²) in [5, 5.41) is 4.58. The minimum atomic E-state index is 0.729. The van der Waals surface area contributed by atoms with E-state index in [9.17, 15) is 4.79 Å². The van der Waals surface area contributed by atoms with E-state index in [-0.39, 0.29) is 0 Å². The third kappa shape index (κ3) is 2.46. The zero-order valence-corrected chi connectivity index (χ0v) is 12.0. The third-order valence-corrected chi connectivity index (χ3v) is 3.42. The molecule has 19 heavy (non-hydrogen) atoms. The van der Waals surface area contributed by atoms with Gasteiger partial charge in [-0.2, -0.15) is 5.10 Å². The van der Waals surface area contributed by atoms with E-state index < -0.39 is 0 Å². The smallest absolute Gasteiger partial charge is 0.150 e. The fourth-order valence-corrected chi connectivity index (χ4v) is 2.51. The molecule has 2 rings (SSSR count). The quantitative estimate of drug-likeness (QED) is 0.782. The van der Waals surface area contributed by atoms with Gasteiger partial charge in [0, 0.05) is 23.4 Å². The van der Waals surface area contributed by atoms with Crippen LogP contribution in [0.25, 0.3) is 11.1 Å². The first-order valence-electron chi connectivity index (χ1n) is 6.68. The summed E-state index contributed by atoms with van der Waals surface area (Å²) in [6, 6.07) is 5.92. The Balaban J connectivity index is 2.64. The Morgan fingerprint density at radius 3 is 2.63 bits per heavy atom. The first-order valence-corrected chi connectivity index (χ1v) is 6.68. The van der Waals surface area contributed by atoms with E-state index >= 15 is 0 Å². The zero-order valence-electron chi connectivity index (χ0n) is 12.0. The van der Waals surface area contributed by atoms with Crippen LogP contribution in [0.5, 0.6) is 0 Å². The lowest BCUT2D eigenvalue weighted by molar-refractivity contribution is 0.112. The van der Waals surface area contributed by atoms with Crippen LogP contribution in [0.3, 0.4) is 0 Å². The first-order chi connectivity index (χ1) is 9.08. The van der Waals surface area contributed by atoms with Gasteiger partial charge >= 0.3 is 0 Å². The molecule has 1 aromatic heterocycles. The van der Waals surface area contributed by atoms with Crippen LogP contribution in [0.1, 0.15) is 40.7 Å². The number of carbonyl (C=O) groups is 1. The van der Waals surface area contributed by atoms with Crippen molar-refractivity contribution in [2.24, 2.45) is 0 Å². The summed E-state index contributed by atoms with van der Waals surface area (Å²) in [4.78, 5) is 11.2. The number of aromatic nitrogens is 2. The minimum Gasteiger partial charge on any atom is -0.298 e. The average Bonchev–Trinajstić information content (AvgIpc) is 2.65. The molecule has 0 aliphatic heterocycles. The van der Waals surface area contributed by atoms with Gasteiger partial charge in [-0.25, -0.2) is 0 Å². The molecule has 0 radical (unpaired) electrons. The molecule has 100 valence electrons. The normalized spacial score (nSPS) is 10.7. The Labute approximate surface area is 114 Å². The molecular weight excluding hydrogens is 236 g/mol. The molecular formula is C16H20N2O. The Kier molecular flexibility index (Phi) is 3.84. The number of benzene rings is 1. The lowest BCUT2D eigenvalue weighted by Gasteiger charge is -2.08. The van der Waals surface area contributed by atoms with E-state index in [4.69, 9.17) is 0 Å². The van der Waals surface area contributed by atoms with Crippen molar-refractivity contribution in [1.29, 1.82) is 0 Å². The summed E-state index contributed by atoms with van der Waals surface area (Å²) in [7, 11) is 0. The van der Waals surface area contributed by atoms with Crippen molar-refractivity contribution in [2.45, 2.75) is 40.7 Å². The largest absolute Gasteiger partial charge is 0.298 e. The van der Waals surface area contributed by atoms with Crippen LogP contribution in [0.15, 0.2) is 18.2 Å². The van der Waals surface area contributed by atoms with Crippen molar-refractivity contribution in [3.05, 3.63) is 40.7 Å². The maximum absolute atomic E-state index is 11.2. The highest BCUT2D eigenvalue weighted by Crippen LogP contribution is 2.30. The first kappa shape index (κ1) is 13.5. The second-order valence-corrected chi connectivity index (χ2v) is 4.98. The van der Waals surface area contributed by atoms with Gasteiger partial charge in [-0.3, -0.25) is 9.48 Å². The number of hydrogen-bond acceptors (Lipinski definition) is 2. The molecule has 0 aliphatic rings. The standard InChI is InChI=1S/C16H20N2O/c1-5-8-18-13(4)16(12(3)17-18)15-9-11(2)6-7-14(15)10-19/h6-7,9-10H,5,8H2,1-4H3. The zero-order chi connectivity index (χ0) is 14.0. The van der Waals surface area contributed by atoms with Gasteiger partial charge < -0.3 is 0 Å². The van der Waals surface area contributed by atoms with Gasteiger partial charge in [-0.15, -0.1) is 0 Å². The number of aryl methyl sites for hydroxylation is 3. The Bertz CT molecular complexity index is 611. The predicted molar refractivity (Wildman–Crippen MR) is 77.6 cm³/mol. The molecule has 0 amide bonds. The molecule has 0 unspecified atom stereocenters. The molecule has 3 nitrogen and oxygen atoms in total. The van der Waals surface area contributed by atoms with Crippen LogP contribution in [0, 0.1) is 20.8 Å². The van der Waals surface area contributed by atoms with Crippen LogP contribution in [0.2, 0.25) is 0 Å². The number of hydrogen-bond donors (Lipinski definition) is 0. The molecule has 0 bridgehead atoms. The van der Waals surface area contributed by atoms with Gasteiger partial charge in [0.25, 0.3) is 0 Å². The summed E-state index contributed by atoms with van der Waals surface area (Å²) >= 11 is 0. The van der Waals surface area contributed by atoms with Gasteiger partial charge in [-0.1, -0.05) is 30.7 Å². The monoisotopic (exact) mass is 256 g/mol. The van der Waals surface area contributed by atoms with Crippen molar-refractivity contribution in [2.75, 3.05) is 0 Å². The maximum atomic E-state index is 11.2. The molecule has 0 spiro atoms. The van der Waals surface area contributed by atoms with E-state index in [2.05, 4.69) is 25.0 Å². The SMILES string of the molecule is CCCn1nc(C)c(-c2cc(C)ccc2C=O)c1C. The molecule has 0 saturated carbocycles. The second kappa shape index (κ2) is 5.39. The van der Waals surface area contributed by atoms with E-state index in [1.165, 1.54) is 0 Å². The van der Waals surface area contributed by atoms with Crippen molar-refractivity contribution in [3.8, 4) is 11.1 Å². The lowest BCUT2D eigenvalue weighted by Crippen LogP contribution is -2.01. The number of aldehydes is 1. The van der Waals surface area contributed by atoms with E-state index in [1.807, 2.05) is 30.7 Å². The lowest BCUT2D eigenvalue weighted by atomic mass is 9.97. The molecule has 1 aromatic carbocycles. The van der Waals surface area contributed by atoms with Crippen molar-refractivity contribution in [1.82, 2.24) is 9.78 Å². The summed E-state index contributed by atoms with van der Waals surface area (Å²) in [5.74, 6) is 0. The summed E-state index contributed by atoms with van der Waals surface area (Å²) in [6.07, 6.45) is 1.97. The van der Waals surface area contributed by atoms with Crippen LogP contribution in [-0.4, -0.2) is 16.1 Å². The van der Waals surface area contributed by atoms with Crippen LogP contribution >= 0.6 is 0 Å². The second-order valence-electron chi connectivity index (χ2n) is 4.98. The Morgan fingerprint density at radius 1 is 1.26 bits per heavy atom. The van der Waals surface area contributed by atoms with Gasteiger partial charge in [0.1, 0.15) is 0 Å². The highest BCUT2D eigenvalue weighted by Gasteiger charge is 2.16. The van der Waals surface area contributed by atoms with Gasteiger partial charge in [0.2, 0.25) is 0 Å². The average molecular weight is 256 g/mol. The molecule has 2 aromatic rings. The molecule has 3 heteroatoms. The molecule has 0 atom stereocenters. The highest BCUT2D eigenvalue weighted by atomic mass is 16.1. The molecule has 0 N–H and O–H groups in total.